The van der Waals surface area contributed by atoms with Gasteiger partial charge in [0.2, 0.25) is 5.95 Å². The molecule has 0 spiro atoms. The standard InChI is InChI=1S/C23H21N7/c1-17-20(9-8-18-5-4-10-26-16-18)22(28-23(25)27-17)30-13-11-29(12-14-30)21-7-3-2-6-19(21)15-24/h2-7,10,16H,11-14H2,1H3,(H2,25,27,28). The molecule has 0 saturated carbocycles. The molecule has 1 aromatic carbocycles. The number of nitrogens with two attached hydrogens (primary N) is 1. The smallest absolute Gasteiger partial charge is 0.222 e. The molecular formula is C23H21N7. The number of aryl methyl sites for hydroxylation is 1. The van der Waals surface area contributed by atoms with Crippen molar-refractivity contribution >= 4 is 17.5 Å². The van der Waals surface area contributed by atoms with Gasteiger partial charge in [-0.1, -0.05) is 24.0 Å². The van der Waals surface area contributed by atoms with Gasteiger partial charge in [-0.25, -0.2) is 4.98 Å². The Kier molecular flexibility index (Phi) is 5.45. The number of nitriles is 1. The van der Waals surface area contributed by atoms with E-state index in [-0.39, 0.29) is 5.95 Å². The van der Waals surface area contributed by atoms with Crippen molar-refractivity contribution in [2.45, 2.75) is 6.92 Å². The summed E-state index contributed by atoms with van der Waals surface area (Å²) >= 11 is 0. The first-order valence-electron chi connectivity index (χ1n) is 9.71. The molecular weight excluding hydrogens is 374 g/mol. The zero-order chi connectivity index (χ0) is 20.9. The fraction of sp³-hybridized carbons (Fsp3) is 0.217. The van der Waals surface area contributed by atoms with E-state index >= 15 is 0 Å². The van der Waals surface area contributed by atoms with Crippen LogP contribution in [0, 0.1) is 30.1 Å². The quantitative estimate of drug-likeness (QED) is 0.666. The molecule has 0 unspecified atom stereocenters. The predicted molar refractivity (Wildman–Crippen MR) is 117 cm³/mol. The molecule has 0 amide bonds. The second-order valence-electron chi connectivity index (χ2n) is 6.96. The van der Waals surface area contributed by atoms with E-state index in [1.807, 2.05) is 43.3 Å². The lowest BCUT2D eigenvalue weighted by atomic mass is 10.1. The van der Waals surface area contributed by atoms with Crippen LogP contribution in [0.2, 0.25) is 0 Å². The third-order valence-electron chi connectivity index (χ3n) is 5.03. The first-order chi connectivity index (χ1) is 14.7. The number of rotatable bonds is 2. The van der Waals surface area contributed by atoms with Gasteiger partial charge in [0.1, 0.15) is 11.9 Å². The van der Waals surface area contributed by atoms with Crippen LogP contribution in [-0.4, -0.2) is 41.1 Å². The molecule has 7 heteroatoms. The fourth-order valence-corrected chi connectivity index (χ4v) is 3.53. The van der Waals surface area contributed by atoms with Gasteiger partial charge in [-0.3, -0.25) is 4.98 Å². The lowest BCUT2D eigenvalue weighted by molar-refractivity contribution is 0.646. The van der Waals surface area contributed by atoms with E-state index in [2.05, 4.69) is 42.7 Å². The maximum absolute atomic E-state index is 9.39. The molecule has 148 valence electrons. The summed E-state index contributed by atoms with van der Waals surface area (Å²) in [6, 6.07) is 13.7. The third-order valence-corrected chi connectivity index (χ3v) is 5.03. The van der Waals surface area contributed by atoms with Gasteiger partial charge in [0.15, 0.2) is 0 Å². The Balaban J connectivity index is 1.59. The molecule has 1 aliphatic heterocycles. The topological polar surface area (TPSA) is 95.0 Å². The summed E-state index contributed by atoms with van der Waals surface area (Å²) in [7, 11) is 0. The number of hydrogen-bond donors (Lipinski definition) is 1. The summed E-state index contributed by atoms with van der Waals surface area (Å²) in [5.74, 6) is 7.36. The van der Waals surface area contributed by atoms with Crippen LogP contribution < -0.4 is 15.5 Å². The molecule has 0 radical (unpaired) electrons. The number of pyridine rings is 1. The van der Waals surface area contributed by atoms with E-state index < -0.39 is 0 Å². The molecule has 0 aliphatic carbocycles. The van der Waals surface area contributed by atoms with Crippen molar-refractivity contribution < 1.29 is 0 Å². The monoisotopic (exact) mass is 395 g/mol. The highest BCUT2D eigenvalue weighted by Crippen LogP contribution is 2.25. The maximum atomic E-state index is 9.39. The van der Waals surface area contributed by atoms with Crippen molar-refractivity contribution in [2.24, 2.45) is 0 Å². The summed E-state index contributed by atoms with van der Waals surface area (Å²) in [6.45, 7) is 4.94. The number of para-hydroxylation sites is 1. The number of benzene rings is 1. The van der Waals surface area contributed by atoms with Crippen LogP contribution in [0.15, 0.2) is 48.8 Å². The lowest BCUT2D eigenvalue weighted by Gasteiger charge is -2.37. The molecule has 4 rings (SSSR count). The highest BCUT2D eigenvalue weighted by molar-refractivity contribution is 5.63. The number of nitrogens with zero attached hydrogens (tertiary/aromatic N) is 6. The Morgan fingerprint density at radius 3 is 2.47 bits per heavy atom. The van der Waals surface area contributed by atoms with Gasteiger partial charge in [0, 0.05) is 44.1 Å². The van der Waals surface area contributed by atoms with Crippen molar-refractivity contribution in [1.29, 1.82) is 5.26 Å². The van der Waals surface area contributed by atoms with Crippen LogP contribution in [-0.2, 0) is 0 Å². The Hall–Kier alpha value is -4.10. The zero-order valence-electron chi connectivity index (χ0n) is 16.7. The van der Waals surface area contributed by atoms with Gasteiger partial charge < -0.3 is 15.5 Å². The van der Waals surface area contributed by atoms with Gasteiger partial charge in [-0.15, -0.1) is 0 Å². The molecule has 3 heterocycles. The van der Waals surface area contributed by atoms with Gasteiger partial charge in [0.05, 0.1) is 22.5 Å². The van der Waals surface area contributed by atoms with Crippen LogP contribution in [0.25, 0.3) is 0 Å². The van der Waals surface area contributed by atoms with Crippen LogP contribution in [0.4, 0.5) is 17.5 Å². The van der Waals surface area contributed by atoms with Gasteiger partial charge >= 0.3 is 0 Å². The van der Waals surface area contributed by atoms with E-state index in [0.29, 0.717) is 5.56 Å². The average molecular weight is 395 g/mol. The van der Waals surface area contributed by atoms with E-state index in [1.54, 1.807) is 12.4 Å². The van der Waals surface area contributed by atoms with Crippen LogP contribution in [0.3, 0.4) is 0 Å². The number of hydrogen-bond acceptors (Lipinski definition) is 7. The minimum atomic E-state index is 0.242. The molecule has 7 nitrogen and oxygen atoms in total. The van der Waals surface area contributed by atoms with Crippen LogP contribution in [0.1, 0.15) is 22.4 Å². The van der Waals surface area contributed by atoms with Crippen molar-refractivity contribution in [3.8, 4) is 17.9 Å². The van der Waals surface area contributed by atoms with Crippen molar-refractivity contribution in [1.82, 2.24) is 15.0 Å². The summed E-state index contributed by atoms with van der Waals surface area (Å²) in [5, 5.41) is 9.39. The van der Waals surface area contributed by atoms with Crippen molar-refractivity contribution in [3.63, 3.8) is 0 Å². The Morgan fingerprint density at radius 1 is 0.967 bits per heavy atom. The van der Waals surface area contributed by atoms with Crippen LogP contribution in [0.5, 0.6) is 0 Å². The maximum Gasteiger partial charge on any atom is 0.222 e. The largest absolute Gasteiger partial charge is 0.368 e. The number of nitrogen functional groups attached to an aromatic ring is 1. The van der Waals surface area contributed by atoms with E-state index in [4.69, 9.17) is 5.73 Å². The van der Waals surface area contributed by atoms with Crippen molar-refractivity contribution in [3.05, 3.63) is 71.2 Å². The zero-order valence-corrected chi connectivity index (χ0v) is 16.7. The predicted octanol–water partition coefficient (Wildman–Crippen LogP) is 2.36. The fourth-order valence-electron chi connectivity index (χ4n) is 3.53. The summed E-state index contributed by atoms with van der Waals surface area (Å²) in [5.41, 5.74) is 9.97. The average Bonchev–Trinajstić information content (AvgIpc) is 2.79. The van der Waals surface area contributed by atoms with Gasteiger partial charge in [-0.05, 0) is 31.2 Å². The normalized spacial score (nSPS) is 13.3. The Bertz CT molecular complexity index is 1150. The molecule has 1 fully saturated rings. The minimum Gasteiger partial charge on any atom is -0.368 e. The SMILES string of the molecule is Cc1nc(N)nc(N2CCN(c3ccccc3C#N)CC2)c1C#Cc1cccnc1. The molecule has 0 atom stereocenters. The molecule has 0 bridgehead atoms. The van der Waals surface area contributed by atoms with E-state index in [0.717, 1.165) is 54.5 Å². The summed E-state index contributed by atoms with van der Waals surface area (Å²) in [6.07, 6.45) is 3.45. The van der Waals surface area contributed by atoms with Crippen molar-refractivity contribution in [2.75, 3.05) is 41.7 Å². The highest BCUT2D eigenvalue weighted by Gasteiger charge is 2.23. The first-order valence-corrected chi connectivity index (χ1v) is 9.71. The number of anilines is 3. The second kappa shape index (κ2) is 8.50. The number of aromatic nitrogens is 3. The molecule has 2 aromatic heterocycles. The second-order valence-corrected chi connectivity index (χ2v) is 6.96. The first kappa shape index (κ1) is 19.2. The van der Waals surface area contributed by atoms with Crippen LogP contribution >= 0.6 is 0 Å². The molecule has 3 aromatic rings. The van der Waals surface area contributed by atoms with Gasteiger partial charge in [-0.2, -0.15) is 10.2 Å². The third kappa shape index (κ3) is 4.01. The summed E-state index contributed by atoms with van der Waals surface area (Å²) < 4.78 is 0. The molecule has 1 saturated heterocycles. The molecule has 30 heavy (non-hydrogen) atoms. The molecule has 1 aliphatic rings. The Labute approximate surface area is 175 Å². The van der Waals surface area contributed by atoms with E-state index in [9.17, 15) is 5.26 Å². The number of piperazine rings is 1. The Morgan fingerprint density at radius 2 is 1.73 bits per heavy atom. The summed E-state index contributed by atoms with van der Waals surface area (Å²) in [4.78, 5) is 17.3. The highest BCUT2D eigenvalue weighted by atomic mass is 15.3. The van der Waals surface area contributed by atoms with Gasteiger partial charge in [0.25, 0.3) is 0 Å². The molecule has 2 N–H and O–H groups in total. The lowest BCUT2D eigenvalue weighted by Crippen LogP contribution is -2.47. The van der Waals surface area contributed by atoms with E-state index in [1.165, 1.54) is 0 Å². The minimum absolute atomic E-state index is 0.242.